The van der Waals surface area contributed by atoms with Gasteiger partial charge in [0.15, 0.2) is 5.96 Å². The second-order valence-corrected chi connectivity index (χ2v) is 7.22. The Bertz CT molecular complexity index is 612. The van der Waals surface area contributed by atoms with Crippen molar-refractivity contribution in [2.75, 3.05) is 72.1 Å². The van der Waals surface area contributed by atoms with E-state index in [9.17, 15) is 4.79 Å². The lowest BCUT2D eigenvalue weighted by atomic mass is 10.3. The van der Waals surface area contributed by atoms with Gasteiger partial charge in [0, 0.05) is 58.8 Å². The lowest BCUT2D eigenvalue weighted by Crippen LogP contribution is -2.55. The number of amides is 1. The molecule has 3 rings (SSSR count). The second kappa shape index (κ2) is 13.1. The third-order valence-corrected chi connectivity index (χ3v) is 5.11. The number of halogens is 1. The molecule has 0 saturated carbocycles. The summed E-state index contributed by atoms with van der Waals surface area (Å²) in [4.78, 5) is 23.6. The molecule has 1 amide bonds. The van der Waals surface area contributed by atoms with E-state index in [-0.39, 0.29) is 29.9 Å². The number of guanidine groups is 1. The number of rotatable bonds is 7. The summed E-state index contributed by atoms with van der Waals surface area (Å²) in [6.45, 7) is 10.5. The van der Waals surface area contributed by atoms with Gasteiger partial charge in [0.2, 0.25) is 5.91 Å². The van der Waals surface area contributed by atoms with Crippen LogP contribution in [0.25, 0.3) is 0 Å². The van der Waals surface area contributed by atoms with E-state index >= 15 is 0 Å². The minimum Gasteiger partial charge on any atom is -0.469 e. The smallest absolute Gasteiger partial charge is 0.236 e. The molecule has 1 aromatic heterocycles. The van der Waals surface area contributed by atoms with Gasteiger partial charge in [-0.2, -0.15) is 0 Å². The highest BCUT2D eigenvalue weighted by molar-refractivity contribution is 14.0. The fourth-order valence-corrected chi connectivity index (χ4v) is 3.46. The highest BCUT2D eigenvalue weighted by Gasteiger charge is 2.24. The zero-order valence-electron chi connectivity index (χ0n) is 17.3. The van der Waals surface area contributed by atoms with E-state index in [1.165, 1.54) is 0 Å². The number of carbonyl (C=O) groups excluding carboxylic acids is 1. The Hall–Kier alpha value is -1.33. The first kappa shape index (κ1) is 23.9. The average molecular weight is 519 g/mol. The van der Waals surface area contributed by atoms with Crippen LogP contribution >= 0.6 is 24.0 Å². The molecule has 29 heavy (non-hydrogen) atoms. The molecule has 0 aromatic carbocycles. The molecule has 2 fully saturated rings. The topological polar surface area (TPSA) is 73.6 Å². The molecule has 3 heterocycles. The summed E-state index contributed by atoms with van der Waals surface area (Å²) >= 11 is 0. The summed E-state index contributed by atoms with van der Waals surface area (Å²) in [6.07, 6.45) is 3.57. The standard InChI is InChI=1S/C20H33N5O3.HI/c1-2-6-21-20(22-7-5-18-4-3-14-28-18)25-10-8-23(9-11-25)17-19(26)24-12-15-27-16-13-24;/h3-4,14H,2,5-13,15-17H2,1H3,(H,21,22);1H. The fraction of sp³-hybridized carbons (Fsp3) is 0.700. The predicted octanol–water partition coefficient (Wildman–Crippen LogP) is 1.27. The Morgan fingerprint density at radius 1 is 1.14 bits per heavy atom. The Labute approximate surface area is 190 Å². The third kappa shape index (κ3) is 7.78. The molecule has 0 spiro atoms. The number of ether oxygens (including phenoxy) is 1. The highest BCUT2D eigenvalue weighted by atomic mass is 127. The van der Waals surface area contributed by atoms with E-state index in [2.05, 4.69) is 22.0 Å². The lowest BCUT2D eigenvalue weighted by molar-refractivity contribution is -0.136. The maximum absolute atomic E-state index is 12.4. The lowest BCUT2D eigenvalue weighted by Gasteiger charge is -2.37. The van der Waals surface area contributed by atoms with Crippen molar-refractivity contribution in [2.45, 2.75) is 19.8 Å². The van der Waals surface area contributed by atoms with E-state index in [0.717, 1.165) is 63.8 Å². The summed E-state index contributed by atoms with van der Waals surface area (Å²) < 4.78 is 10.7. The number of piperazine rings is 1. The SMILES string of the molecule is CCCN=C(NCCc1ccco1)N1CCN(CC(=O)N2CCOCC2)CC1.I. The molecular formula is C20H34IN5O3. The largest absolute Gasteiger partial charge is 0.469 e. The van der Waals surface area contributed by atoms with Crippen molar-refractivity contribution < 1.29 is 13.9 Å². The number of nitrogens with zero attached hydrogens (tertiary/aromatic N) is 4. The van der Waals surface area contributed by atoms with Crippen LogP contribution in [-0.4, -0.2) is 98.7 Å². The van der Waals surface area contributed by atoms with Gasteiger partial charge in [0.25, 0.3) is 0 Å². The maximum atomic E-state index is 12.4. The van der Waals surface area contributed by atoms with Crippen LogP contribution < -0.4 is 5.32 Å². The van der Waals surface area contributed by atoms with Crippen molar-refractivity contribution in [3.8, 4) is 0 Å². The van der Waals surface area contributed by atoms with E-state index in [4.69, 9.17) is 14.1 Å². The summed E-state index contributed by atoms with van der Waals surface area (Å²) in [6, 6.07) is 3.91. The van der Waals surface area contributed by atoms with Gasteiger partial charge in [-0.1, -0.05) is 6.92 Å². The van der Waals surface area contributed by atoms with Crippen molar-refractivity contribution in [1.29, 1.82) is 0 Å². The molecular weight excluding hydrogens is 485 g/mol. The number of nitrogens with one attached hydrogen (secondary N) is 1. The first-order valence-electron chi connectivity index (χ1n) is 10.4. The van der Waals surface area contributed by atoms with E-state index in [1.807, 2.05) is 17.0 Å². The van der Waals surface area contributed by atoms with Crippen molar-refractivity contribution in [2.24, 2.45) is 4.99 Å². The number of furan rings is 1. The van der Waals surface area contributed by atoms with Gasteiger partial charge in [0.05, 0.1) is 26.0 Å². The molecule has 0 bridgehead atoms. The first-order chi connectivity index (χ1) is 13.8. The van der Waals surface area contributed by atoms with Gasteiger partial charge >= 0.3 is 0 Å². The molecule has 2 aliphatic rings. The van der Waals surface area contributed by atoms with Gasteiger partial charge in [-0.25, -0.2) is 0 Å². The van der Waals surface area contributed by atoms with Crippen LogP contribution in [0.4, 0.5) is 0 Å². The molecule has 0 atom stereocenters. The number of hydrogen-bond donors (Lipinski definition) is 1. The Morgan fingerprint density at radius 3 is 2.55 bits per heavy atom. The number of hydrogen-bond acceptors (Lipinski definition) is 5. The number of carbonyl (C=O) groups is 1. The normalized spacial score (nSPS) is 18.4. The minimum atomic E-state index is 0. The highest BCUT2D eigenvalue weighted by Crippen LogP contribution is 2.06. The predicted molar refractivity (Wildman–Crippen MR) is 124 cm³/mol. The number of aliphatic imine (C=N–C) groups is 1. The molecule has 8 nitrogen and oxygen atoms in total. The van der Waals surface area contributed by atoms with E-state index < -0.39 is 0 Å². The zero-order chi connectivity index (χ0) is 19.6. The van der Waals surface area contributed by atoms with Crippen molar-refractivity contribution >= 4 is 35.8 Å². The summed E-state index contributed by atoms with van der Waals surface area (Å²) in [7, 11) is 0. The molecule has 0 aliphatic carbocycles. The van der Waals surface area contributed by atoms with Crippen LogP contribution in [0.1, 0.15) is 19.1 Å². The number of morpholine rings is 1. The van der Waals surface area contributed by atoms with Gasteiger partial charge < -0.3 is 24.3 Å². The van der Waals surface area contributed by atoms with Crippen LogP contribution in [0, 0.1) is 0 Å². The van der Waals surface area contributed by atoms with Crippen molar-refractivity contribution in [3.63, 3.8) is 0 Å². The average Bonchev–Trinajstić information content (AvgIpc) is 3.25. The van der Waals surface area contributed by atoms with Crippen LogP contribution in [0.5, 0.6) is 0 Å². The van der Waals surface area contributed by atoms with Crippen molar-refractivity contribution in [3.05, 3.63) is 24.2 Å². The fourth-order valence-electron chi connectivity index (χ4n) is 3.46. The van der Waals surface area contributed by atoms with Gasteiger partial charge in [-0.15, -0.1) is 24.0 Å². The van der Waals surface area contributed by atoms with E-state index in [1.54, 1.807) is 6.26 Å². The monoisotopic (exact) mass is 519 g/mol. The molecule has 9 heteroatoms. The molecule has 2 saturated heterocycles. The van der Waals surface area contributed by atoms with Crippen LogP contribution in [0.15, 0.2) is 27.8 Å². The Kier molecular flexibility index (Phi) is 10.8. The van der Waals surface area contributed by atoms with Gasteiger partial charge in [-0.3, -0.25) is 14.7 Å². The molecule has 1 aromatic rings. The zero-order valence-corrected chi connectivity index (χ0v) is 19.7. The van der Waals surface area contributed by atoms with Gasteiger partial charge in [0.1, 0.15) is 5.76 Å². The van der Waals surface area contributed by atoms with E-state index in [0.29, 0.717) is 32.8 Å². The second-order valence-electron chi connectivity index (χ2n) is 7.22. The Balaban J connectivity index is 0.00000300. The van der Waals surface area contributed by atoms with Crippen LogP contribution in [0.3, 0.4) is 0 Å². The first-order valence-corrected chi connectivity index (χ1v) is 10.4. The summed E-state index contributed by atoms with van der Waals surface area (Å²) in [5, 5.41) is 3.48. The molecule has 164 valence electrons. The quantitative estimate of drug-likeness (QED) is 0.333. The molecule has 1 N–H and O–H groups in total. The van der Waals surface area contributed by atoms with Gasteiger partial charge in [-0.05, 0) is 18.6 Å². The summed E-state index contributed by atoms with van der Waals surface area (Å²) in [5.74, 6) is 2.16. The molecule has 0 radical (unpaired) electrons. The maximum Gasteiger partial charge on any atom is 0.236 e. The molecule has 2 aliphatic heterocycles. The molecule has 0 unspecified atom stereocenters. The third-order valence-electron chi connectivity index (χ3n) is 5.11. The van der Waals surface area contributed by atoms with Crippen molar-refractivity contribution in [1.82, 2.24) is 20.0 Å². The van der Waals surface area contributed by atoms with Crippen LogP contribution in [0.2, 0.25) is 0 Å². The Morgan fingerprint density at radius 2 is 1.90 bits per heavy atom. The summed E-state index contributed by atoms with van der Waals surface area (Å²) in [5.41, 5.74) is 0. The van der Waals surface area contributed by atoms with Crippen LogP contribution in [-0.2, 0) is 16.0 Å². The minimum absolute atomic E-state index is 0.